The lowest BCUT2D eigenvalue weighted by Gasteiger charge is -2.18. The van der Waals surface area contributed by atoms with Crippen LogP contribution in [0.15, 0.2) is 45.6 Å². The Kier molecular flexibility index (Phi) is 6.11. The predicted molar refractivity (Wildman–Crippen MR) is 114 cm³/mol. The third-order valence-corrected chi connectivity index (χ3v) is 5.22. The first kappa shape index (κ1) is 21.4. The third-order valence-electron chi connectivity index (χ3n) is 5.22. The van der Waals surface area contributed by atoms with Gasteiger partial charge in [-0.2, -0.15) is 0 Å². The highest BCUT2D eigenvalue weighted by Gasteiger charge is 2.17. The molecule has 0 spiro atoms. The zero-order valence-electron chi connectivity index (χ0n) is 17.5. The van der Waals surface area contributed by atoms with Crippen molar-refractivity contribution in [2.75, 3.05) is 13.2 Å². The summed E-state index contributed by atoms with van der Waals surface area (Å²) in [7, 11) is 0. The molecule has 0 aliphatic carbocycles. The van der Waals surface area contributed by atoms with Gasteiger partial charge in [0, 0.05) is 35.1 Å². The summed E-state index contributed by atoms with van der Waals surface area (Å²) in [5.74, 6) is 0.359. The number of phenols is 1. The van der Waals surface area contributed by atoms with Gasteiger partial charge in [0.15, 0.2) is 17.3 Å². The standard InChI is InChI=1S/C24H22O8/c1-2-14-9-17-16(11-24(28)32-21(17)12-19(14)26)13-31-23(27)6-4-18(25)15-3-5-20-22(10-15)30-8-7-29-20/h3,5,9-12,26H,2,4,6-8,13H2,1H3. The van der Waals surface area contributed by atoms with Crippen molar-refractivity contribution in [3.63, 3.8) is 0 Å². The predicted octanol–water partition coefficient (Wildman–Crippen LogP) is 3.54. The van der Waals surface area contributed by atoms with E-state index >= 15 is 0 Å². The number of ether oxygens (including phenoxy) is 3. The first-order valence-electron chi connectivity index (χ1n) is 10.3. The van der Waals surface area contributed by atoms with E-state index in [2.05, 4.69) is 0 Å². The molecule has 0 fully saturated rings. The Bertz CT molecular complexity index is 1240. The highest BCUT2D eigenvalue weighted by atomic mass is 16.6. The molecular weight excluding hydrogens is 416 g/mol. The summed E-state index contributed by atoms with van der Waals surface area (Å²) in [5.41, 5.74) is 1.19. The van der Waals surface area contributed by atoms with E-state index in [1.54, 1.807) is 24.3 Å². The molecule has 1 N–H and O–H groups in total. The zero-order valence-corrected chi connectivity index (χ0v) is 17.5. The van der Waals surface area contributed by atoms with Gasteiger partial charge in [0.2, 0.25) is 0 Å². The second-order valence-corrected chi connectivity index (χ2v) is 7.36. The molecule has 32 heavy (non-hydrogen) atoms. The molecule has 0 amide bonds. The van der Waals surface area contributed by atoms with E-state index in [0.717, 1.165) is 0 Å². The highest BCUT2D eigenvalue weighted by Crippen LogP contribution is 2.31. The van der Waals surface area contributed by atoms with Gasteiger partial charge in [0.25, 0.3) is 0 Å². The molecule has 166 valence electrons. The number of hydrogen-bond donors (Lipinski definition) is 1. The summed E-state index contributed by atoms with van der Waals surface area (Å²) >= 11 is 0. The molecule has 3 aromatic rings. The SMILES string of the molecule is CCc1cc2c(COC(=O)CCC(=O)c3ccc4c(c3)OCCO4)cc(=O)oc2cc1O. The molecule has 2 heterocycles. The molecule has 8 nitrogen and oxygen atoms in total. The molecule has 0 atom stereocenters. The fraction of sp³-hybridized carbons (Fsp3) is 0.292. The van der Waals surface area contributed by atoms with Gasteiger partial charge >= 0.3 is 11.6 Å². The van der Waals surface area contributed by atoms with Gasteiger partial charge in [-0.05, 0) is 36.2 Å². The number of ketones is 1. The normalized spacial score (nSPS) is 12.5. The number of Topliss-reactive ketones (excluding diaryl/α,β-unsaturated/α-hetero) is 1. The third kappa shape index (κ3) is 4.59. The average molecular weight is 438 g/mol. The number of aryl methyl sites for hydroxylation is 1. The number of phenolic OH excluding ortho intramolecular Hbond substituents is 1. The molecule has 8 heteroatoms. The molecule has 0 saturated carbocycles. The average Bonchev–Trinajstić information content (AvgIpc) is 2.80. The number of carbonyl (C=O) groups excluding carboxylic acids is 2. The number of aromatic hydroxyl groups is 1. The lowest BCUT2D eigenvalue weighted by atomic mass is 10.0. The van der Waals surface area contributed by atoms with Gasteiger partial charge in [0.1, 0.15) is 31.2 Å². The van der Waals surface area contributed by atoms with Crippen molar-refractivity contribution in [1.29, 1.82) is 0 Å². The molecular formula is C24H22O8. The number of rotatable bonds is 7. The summed E-state index contributed by atoms with van der Waals surface area (Å²) in [6, 6.07) is 9.27. The van der Waals surface area contributed by atoms with Crippen LogP contribution in [-0.2, 0) is 22.6 Å². The maximum Gasteiger partial charge on any atom is 0.336 e. The molecule has 0 unspecified atom stereocenters. The van der Waals surface area contributed by atoms with E-state index in [1.807, 2.05) is 6.92 Å². The number of hydrogen-bond acceptors (Lipinski definition) is 8. The summed E-state index contributed by atoms with van der Waals surface area (Å²) in [6.07, 6.45) is 0.458. The summed E-state index contributed by atoms with van der Waals surface area (Å²) < 4.78 is 21.3. The van der Waals surface area contributed by atoms with E-state index in [0.29, 0.717) is 53.2 Å². The molecule has 1 aliphatic heterocycles. The number of carbonyl (C=O) groups is 2. The van der Waals surface area contributed by atoms with Crippen LogP contribution in [-0.4, -0.2) is 30.1 Å². The molecule has 1 aliphatic rings. The summed E-state index contributed by atoms with van der Waals surface area (Å²) in [4.78, 5) is 36.5. The van der Waals surface area contributed by atoms with Gasteiger partial charge in [-0.25, -0.2) is 4.79 Å². The molecule has 0 saturated heterocycles. The first-order chi connectivity index (χ1) is 15.4. The van der Waals surface area contributed by atoms with Crippen molar-refractivity contribution in [2.45, 2.75) is 32.8 Å². The van der Waals surface area contributed by atoms with Gasteiger partial charge < -0.3 is 23.7 Å². The number of benzene rings is 2. The second kappa shape index (κ2) is 9.13. The van der Waals surface area contributed by atoms with Crippen LogP contribution in [0.3, 0.4) is 0 Å². The van der Waals surface area contributed by atoms with Gasteiger partial charge in [-0.3, -0.25) is 9.59 Å². The topological polar surface area (TPSA) is 112 Å². The van der Waals surface area contributed by atoms with Crippen LogP contribution in [0.4, 0.5) is 0 Å². The Labute approximate surface area is 183 Å². The van der Waals surface area contributed by atoms with Crippen LogP contribution < -0.4 is 15.1 Å². The molecule has 2 aromatic carbocycles. The summed E-state index contributed by atoms with van der Waals surface area (Å²) in [6.45, 7) is 2.63. The fourth-order valence-electron chi connectivity index (χ4n) is 3.52. The quantitative estimate of drug-likeness (QED) is 0.339. The lowest BCUT2D eigenvalue weighted by molar-refractivity contribution is -0.144. The Balaban J connectivity index is 1.39. The van der Waals surface area contributed by atoms with E-state index in [9.17, 15) is 19.5 Å². The van der Waals surface area contributed by atoms with Crippen molar-refractivity contribution in [3.8, 4) is 17.2 Å². The number of fused-ring (bicyclic) bond motifs is 2. The van der Waals surface area contributed by atoms with E-state index in [-0.39, 0.29) is 36.6 Å². The Morgan fingerprint density at radius 1 is 1.00 bits per heavy atom. The van der Waals surface area contributed by atoms with Gasteiger partial charge in [-0.1, -0.05) is 6.92 Å². The van der Waals surface area contributed by atoms with Crippen molar-refractivity contribution >= 4 is 22.7 Å². The smallest absolute Gasteiger partial charge is 0.336 e. The van der Waals surface area contributed by atoms with Crippen LogP contribution in [0.25, 0.3) is 11.0 Å². The van der Waals surface area contributed by atoms with E-state index in [4.69, 9.17) is 18.6 Å². The zero-order chi connectivity index (χ0) is 22.7. The lowest BCUT2D eigenvalue weighted by Crippen LogP contribution is -2.16. The molecule has 4 rings (SSSR count). The summed E-state index contributed by atoms with van der Waals surface area (Å²) in [5, 5.41) is 10.6. The largest absolute Gasteiger partial charge is 0.508 e. The van der Waals surface area contributed by atoms with Crippen LogP contribution in [0, 0.1) is 0 Å². The molecule has 0 radical (unpaired) electrons. The van der Waals surface area contributed by atoms with E-state index in [1.165, 1.54) is 12.1 Å². The van der Waals surface area contributed by atoms with Crippen LogP contribution in [0.1, 0.15) is 41.3 Å². The first-order valence-corrected chi connectivity index (χ1v) is 10.3. The fourth-order valence-corrected chi connectivity index (χ4v) is 3.52. The minimum absolute atomic E-state index is 0.0238. The number of esters is 1. The van der Waals surface area contributed by atoms with Crippen molar-refractivity contribution in [1.82, 2.24) is 0 Å². The van der Waals surface area contributed by atoms with Crippen LogP contribution >= 0.6 is 0 Å². The maximum absolute atomic E-state index is 12.4. The second-order valence-electron chi connectivity index (χ2n) is 7.36. The van der Waals surface area contributed by atoms with Gasteiger partial charge in [0.05, 0.1) is 6.42 Å². The minimum Gasteiger partial charge on any atom is -0.508 e. The monoisotopic (exact) mass is 438 g/mol. The maximum atomic E-state index is 12.4. The minimum atomic E-state index is -0.610. The van der Waals surface area contributed by atoms with Crippen molar-refractivity contribution in [2.24, 2.45) is 0 Å². The van der Waals surface area contributed by atoms with Crippen LogP contribution in [0.2, 0.25) is 0 Å². The Hall–Kier alpha value is -3.81. The Morgan fingerprint density at radius 2 is 1.78 bits per heavy atom. The molecule has 0 bridgehead atoms. The van der Waals surface area contributed by atoms with Crippen LogP contribution in [0.5, 0.6) is 17.2 Å². The molecule has 1 aromatic heterocycles. The van der Waals surface area contributed by atoms with Gasteiger partial charge in [-0.15, -0.1) is 0 Å². The highest BCUT2D eigenvalue weighted by molar-refractivity contribution is 5.98. The van der Waals surface area contributed by atoms with E-state index < -0.39 is 11.6 Å². The van der Waals surface area contributed by atoms with Crippen molar-refractivity contribution < 1.29 is 33.3 Å². The Morgan fingerprint density at radius 3 is 2.56 bits per heavy atom. The van der Waals surface area contributed by atoms with Crippen molar-refractivity contribution in [3.05, 3.63) is 63.5 Å².